The lowest BCUT2D eigenvalue weighted by atomic mass is 9.78. The van der Waals surface area contributed by atoms with Crippen LogP contribution in [0.25, 0.3) is 0 Å². The molecule has 0 spiro atoms. The summed E-state index contributed by atoms with van der Waals surface area (Å²) in [5, 5.41) is 9.54. The van der Waals surface area contributed by atoms with Gasteiger partial charge >= 0.3 is 0 Å². The van der Waals surface area contributed by atoms with Crippen LogP contribution in [-0.2, 0) is 0 Å². The van der Waals surface area contributed by atoms with E-state index >= 15 is 0 Å². The molecule has 2 aliphatic rings. The van der Waals surface area contributed by atoms with Crippen LogP contribution in [0.5, 0.6) is 0 Å². The standard InChI is InChI=1S/C16H23NO/c1-12(18)15-5-7-16(8-6-15)17-10-13-3-2-4-14(9-13)11-17/h5-8,12-14,18H,2-4,9-11H2,1H3/t12-,13?,14?/m0/s1. The van der Waals surface area contributed by atoms with Crippen molar-refractivity contribution in [2.24, 2.45) is 11.8 Å². The molecule has 1 aliphatic carbocycles. The van der Waals surface area contributed by atoms with Gasteiger partial charge in [-0.25, -0.2) is 0 Å². The van der Waals surface area contributed by atoms with Gasteiger partial charge in [-0.2, -0.15) is 0 Å². The summed E-state index contributed by atoms with van der Waals surface area (Å²) in [4.78, 5) is 2.55. The fraction of sp³-hybridized carbons (Fsp3) is 0.625. The summed E-state index contributed by atoms with van der Waals surface area (Å²) in [5.41, 5.74) is 2.34. The molecule has 1 saturated heterocycles. The van der Waals surface area contributed by atoms with Gasteiger partial charge in [0.05, 0.1) is 6.10 Å². The van der Waals surface area contributed by atoms with Crippen LogP contribution in [0.3, 0.4) is 0 Å². The minimum absolute atomic E-state index is 0.361. The van der Waals surface area contributed by atoms with E-state index in [1.807, 2.05) is 6.92 Å². The van der Waals surface area contributed by atoms with Gasteiger partial charge in [-0.05, 0) is 55.7 Å². The van der Waals surface area contributed by atoms with E-state index < -0.39 is 0 Å². The van der Waals surface area contributed by atoms with Crippen molar-refractivity contribution >= 4 is 5.69 Å². The van der Waals surface area contributed by atoms with Gasteiger partial charge in [-0.15, -0.1) is 0 Å². The number of rotatable bonds is 2. The number of anilines is 1. The summed E-state index contributed by atoms with van der Waals surface area (Å²) in [6, 6.07) is 8.46. The number of aliphatic hydroxyl groups excluding tert-OH is 1. The van der Waals surface area contributed by atoms with E-state index in [4.69, 9.17) is 0 Å². The average Bonchev–Trinajstić information content (AvgIpc) is 2.38. The predicted octanol–water partition coefficient (Wildman–Crippen LogP) is 3.37. The number of nitrogens with zero attached hydrogens (tertiary/aromatic N) is 1. The van der Waals surface area contributed by atoms with E-state index in [0.717, 1.165) is 17.4 Å². The molecular formula is C16H23NO. The summed E-state index contributed by atoms with van der Waals surface area (Å²) in [7, 11) is 0. The van der Waals surface area contributed by atoms with Gasteiger partial charge in [0, 0.05) is 18.8 Å². The highest BCUT2D eigenvalue weighted by atomic mass is 16.3. The first-order valence-electron chi connectivity index (χ1n) is 7.25. The van der Waals surface area contributed by atoms with Crippen molar-refractivity contribution < 1.29 is 5.11 Å². The Morgan fingerprint density at radius 2 is 1.72 bits per heavy atom. The lowest BCUT2D eigenvalue weighted by molar-refractivity contribution is 0.199. The maximum atomic E-state index is 9.54. The molecule has 0 aromatic heterocycles. The van der Waals surface area contributed by atoms with Crippen LogP contribution >= 0.6 is 0 Å². The van der Waals surface area contributed by atoms with Crippen molar-refractivity contribution in [1.82, 2.24) is 0 Å². The number of piperidine rings is 1. The number of aliphatic hydroxyl groups is 1. The molecule has 1 aromatic rings. The normalized spacial score (nSPS) is 29.1. The topological polar surface area (TPSA) is 23.5 Å². The fourth-order valence-electron chi connectivity index (χ4n) is 3.61. The van der Waals surface area contributed by atoms with Crippen LogP contribution in [0.2, 0.25) is 0 Å². The van der Waals surface area contributed by atoms with Crippen LogP contribution in [0, 0.1) is 11.8 Å². The van der Waals surface area contributed by atoms with Crippen LogP contribution in [0.1, 0.15) is 44.3 Å². The molecule has 1 saturated carbocycles. The molecule has 2 nitrogen and oxygen atoms in total. The molecule has 2 heteroatoms. The van der Waals surface area contributed by atoms with Gasteiger partial charge in [-0.3, -0.25) is 0 Å². The Hall–Kier alpha value is -1.02. The first kappa shape index (κ1) is 12.0. The Labute approximate surface area is 110 Å². The first-order chi connectivity index (χ1) is 8.72. The van der Waals surface area contributed by atoms with Crippen molar-refractivity contribution in [3.8, 4) is 0 Å². The third kappa shape index (κ3) is 2.39. The zero-order chi connectivity index (χ0) is 12.5. The van der Waals surface area contributed by atoms with Crippen molar-refractivity contribution in [3.63, 3.8) is 0 Å². The van der Waals surface area contributed by atoms with Crippen molar-refractivity contribution in [2.75, 3.05) is 18.0 Å². The summed E-state index contributed by atoms with van der Waals surface area (Å²) in [5.74, 6) is 1.82. The average molecular weight is 245 g/mol. The van der Waals surface area contributed by atoms with Crippen LogP contribution in [-0.4, -0.2) is 18.2 Å². The smallest absolute Gasteiger partial charge is 0.0761 e. The summed E-state index contributed by atoms with van der Waals surface area (Å²) < 4.78 is 0. The van der Waals surface area contributed by atoms with Gasteiger partial charge < -0.3 is 10.0 Å². The van der Waals surface area contributed by atoms with Gasteiger partial charge in [0.15, 0.2) is 0 Å². The second-order valence-corrected chi connectivity index (χ2v) is 6.07. The van der Waals surface area contributed by atoms with Crippen molar-refractivity contribution in [3.05, 3.63) is 29.8 Å². The van der Waals surface area contributed by atoms with E-state index in [2.05, 4.69) is 29.2 Å². The first-order valence-corrected chi connectivity index (χ1v) is 7.25. The number of hydrogen-bond donors (Lipinski definition) is 1. The lowest BCUT2D eigenvalue weighted by Gasteiger charge is -2.42. The monoisotopic (exact) mass is 245 g/mol. The maximum absolute atomic E-state index is 9.54. The maximum Gasteiger partial charge on any atom is 0.0761 e. The molecule has 18 heavy (non-hydrogen) atoms. The second kappa shape index (κ2) is 4.93. The predicted molar refractivity (Wildman–Crippen MR) is 74.7 cm³/mol. The van der Waals surface area contributed by atoms with Gasteiger partial charge in [0.2, 0.25) is 0 Å². The molecule has 1 heterocycles. The van der Waals surface area contributed by atoms with E-state index in [1.165, 1.54) is 44.5 Å². The number of fused-ring (bicyclic) bond motifs is 2. The summed E-state index contributed by atoms with van der Waals surface area (Å²) >= 11 is 0. The van der Waals surface area contributed by atoms with Gasteiger partial charge in [-0.1, -0.05) is 18.6 Å². The molecular weight excluding hydrogens is 222 g/mol. The molecule has 98 valence electrons. The molecule has 0 amide bonds. The van der Waals surface area contributed by atoms with E-state index in [9.17, 15) is 5.11 Å². The SMILES string of the molecule is C[C@H](O)c1ccc(N2CC3CCCC(C3)C2)cc1. The zero-order valence-electron chi connectivity index (χ0n) is 11.2. The fourth-order valence-corrected chi connectivity index (χ4v) is 3.61. The Kier molecular flexibility index (Phi) is 3.29. The molecule has 2 unspecified atom stereocenters. The molecule has 3 rings (SSSR count). The van der Waals surface area contributed by atoms with Crippen molar-refractivity contribution in [1.29, 1.82) is 0 Å². The summed E-state index contributed by atoms with van der Waals surface area (Å²) in [6.07, 6.45) is 5.35. The minimum Gasteiger partial charge on any atom is -0.389 e. The molecule has 0 radical (unpaired) electrons. The molecule has 1 N–H and O–H groups in total. The van der Waals surface area contributed by atoms with E-state index in [1.54, 1.807) is 0 Å². The zero-order valence-corrected chi connectivity index (χ0v) is 11.2. The highest BCUT2D eigenvalue weighted by Gasteiger charge is 2.30. The Bertz CT molecular complexity index is 386. The van der Waals surface area contributed by atoms with Crippen LogP contribution in [0.4, 0.5) is 5.69 Å². The van der Waals surface area contributed by atoms with E-state index in [0.29, 0.717) is 0 Å². The Morgan fingerprint density at radius 3 is 2.28 bits per heavy atom. The van der Waals surface area contributed by atoms with Gasteiger partial charge in [0.25, 0.3) is 0 Å². The van der Waals surface area contributed by atoms with Crippen LogP contribution < -0.4 is 4.90 Å². The molecule has 3 atom stereocenters. The third-order valence-corrected chi connectivity index (χ3v) is 4.59. The van der Waals surface area contributed by atoms with Gasteiger partial charge in [0.1, 0.15) is 0 Å². The molecule has 2 bridgehead atoms. The largest absolute Gasteiger partial charge is 0.389 e. The molecule has 1 aliphatic heterocycles. The Morgan fingerprint density at radius 1 is 1.11 bits per heavy atom. The van der Waals surface area contributed by atoms with Crippen LogP contribution in [0.15, 0.2) is 24.3 Å². The van der Waals surface area contributed by atoms with E-state index in [-0.39, 0.29) is 6.10 Å². The van der Waals surface area contributed by atoms with Crippen molar-refractivity contribution in [2.45, 2.75) is 38.7 Å². The lowest BCUT2D eigenvalue weighted by Crippen LogP contribution is -2.42. The molecule has 2 fully saturated rings. The number of benzene rings is 1. The second-order valence-electron chi connectivity index (χ2n) is 6.07. The summed E-state index contributed by atoms with van der Waals surface area (Å²) in [6.45, 7) is 4.27. The highest BCUT2D eigenvalue weighted by Crippen LogP contribution is 2.36. The number of hydrogen-bond acceptors (Lipinski definition) is 2. The highest BCUT2D eigenvalue weighted by molar-refractivity contribution is 5.48. The minimum atomic E-state index is -0.361. The molecule has 1 aromatic carbocycles. The Balaban J connectivity index is 1.74. The quantitative estimate of drug-likeness (QED) is 0.863. The third-order valence-electron chi connectivity index (χ3n) is 4.59.